The standard InChI is InChI=1S/C11H20N2O3/c1-13(2)8-4-3-7-12-9(14)11(5-6-11)10(15)16/h3-8H2,1-2H3,(H,12,14)(H,15,16). The maximum absolute atomic E-state index is 11.6. The molecule has 16 heavy (non-hydrogen) atoms. The SMILES string of the molecule is CN(C)CCCCNC(=O)C1(C(=O)O)CC1. The summed E-state index contributed by atoms with van der Waals surface area (Å²) < 4.78 is 0. The van der Waals surface area contributed by atoms with Crippen molar-refractivity contribution in [3.63, 3.8) is 0 Å². The van der Waals surface area contributed by atoms with Crippen molar-refractivity contribution >= 4 is 11.9 Å². The van der Waals surface area contributed by atoms with Crippen molar-refractivity contribution in [3.05, 3.63) is 0 Å². The van der Waals surface area contributed by atoms with Crippen LogP contribution in [0.1, 0.15) is 25.7 Å². The largest absolute Gasteiger partial charge is 0.480 e. The lowest BCUT2D eigenvalue weighted by atomic mass is 10.1. The molecule has 0 spiro atoms. The van der Waals surface area contributed by atoms with Gasteiger partial charge >= 0.3 is 5.97 Å². The Kier molecular flexibility index (Phi) is 4.29. The van der Waals surface area contributed by atoms with Crippen molar-refractivity contribution in [1.29, 1.82) is 0 Å². The van der Waals surface area contributed by atoms with Crippen molar-refractivity contribution in [2.75, 3.05) is 27.2 Å². The smallest absolute Gasteiger partial charge is 0.319 e. The fourth-order valence-corrected chi connectivity index (χ4v) is 1.59. The zero-order valence-electron chi connectivity index (χ0n) is 9.95. The number of hydrogen-bond acceptors (Lipinski definition) is 3. The first kappa shape index (κ1) is 13.0. The number of unbranched alkanes of at least 4 members (excludes halogenated alkanes) is 1. The molecule has 0 atom stereocenters. The van der Waals surface area contributed by atoms with E-state index in [4.69, 9.17) is 5.11 Å². The van der Waals surface area contributed by atoms with Gasteiger partial charge in [-0.25, -0.2) is 0 Å². The monoisotopic (exact) mass is 228 g/mol. The number of carbonyl (C=O) groups is 2. The highest BCUT2D eigenvalue weighted by molar-refractivity contribution is 6.04. The summed E-state index contributed by atoms with van der Waals surface area (Å²) >= 11 is 0. The molecule has 92 valence electrons. The first-order valence-corrected chi connectivity index (χ1v) is 5.65. The van der Waals surface area contributed by atoms with Crippen molar-refractivity contribution in [2.24, 2.45) is 5.41 Å². The van der Waals surface area contributed by atoms with Crippen LogP contribution in [-0.4, -0.2) is 49.1 Å². The summed E-state index contributed by atoms with van der Waals surface area (Å²) in [6.07, 6.45) is 2.85. The topological polar surface area (TPSA) is 69.6 Å². The number of nitrogens with one attached hydrogen (secondary N) is 1. The van der Waals surface area contributed by atoms with Crippen LogP contribution in [0.5, 0.6) is 0 Å². The number of aliphatic carboxylic acids is 1. The molecule has 0 heterocycles. The van der Waals surface area contributed by atoms with Gasteiger partial charge in [0.25, 0.3) is 0 Å². The summed E-state index contributed by atoms with van der Waals surface area (Å²) in [5.41, 5.74) is -1.10. The minimum absolute atomic E-state index is 0.315. The van der Waals surface area contributed by atoms with Gasteiger partial charge in [-0.3, -0.25) is 9.59 Å². The Labute approximate surface area is 95.8 Å². The average Bonchev–Trinajstić information content (AvgIpc) is 2.96. The number of hydrogen-bond donors (Lipinski definition) is 2. The second kappa shape index (κ2) is 5.30. The van der Waals surface area contributed by atoms with E-state index in [-0.39, 0.29) is 5.91 Å². The van der Waals surface area contributed by atoms with Crippen LogP contribution in [-0.2, 0) is 9.59 Å². The summed E-state index contributed by atoms with van der Waals surface area (Å²) in [5, 5.41) is 11.6. The lowest BCUT2D eigenvalue weighted by Gasteiger charge is -2.12. The zero-order valence-corrected chi connectivity index (χ0v) is 9.95. The van der Waals surface area contributed by atoms with Crippen LogP contribution >= 0.6 is 0 Å². The summed E-state index contributed by atoms with van der Waals surface area (Å²) in [7, 11) is 4.00. The number of amides is 1. The van der Waals surface area contributed by atoms with E-state index >= 15 is 0 Å². The quantitative estimate of drug-likeness (QED) is 0.486. The second-order valence-corrected chi connectivity index (χ2v) is 4.65. The van der Waals surface area contributed by atoms with Crippen LogP contribution in [0.3, 0.4) is 0 Å². The fraction of sp³-hybridized carbons (Fsp3) is 0.818. The maximum Gasteiger partial charge on any atom is 0.319 e. The van der Waals surface area contributed by atoms with Gasteiger partial charge in [-0.1, -0.05) is 0 Å². The summed E-state index contributed by atoms with van der Waals surface area (Å²) in [5.74, 6) is -1.30. The molecule has 1 rings (SSSR count). The molecule has 5 heteroatoms. The first-order chi connectivity index (χ1) is 7.49. The van der Waals surface area contributed by atoms with Crippen LogP contribution in [0, 0.1) is 5.41 Å². The molecule has 5 nitrogen and oxygen atoms in total. The van der Waals surface area contributed by atoms with Gasteiger partial charge in [0.15, 0.2) is 0 Å². The number of rotatable bonds is 7. The molecule has 1 aliphatic carbocycles. The van der Waals surface area contributed by atoms with Crippen molar-refractivity contribution < 1.29 is 14.7 Å². The van der Waals surface area contributed by atoms with E-state index in [1.54, 1.807) is 0 Å². The Morgan fingerprint density at radius 1 is 1.31 bits per heavy atom. The molecule has 0 unspecified atom stereocenters. The number of nitrogens with zero attached hydrogens (tertiary/aromatic N) is 1. The number of carboxylic acids is 1. The van der Waals surface area contributed by atoms with Crippen molar-refractivity contribution in [2.45, 2.75) is 25.7 Å². The summed E-state index contributed by atoms with van der Waals surface area (Å²) in [6, 6.07) is 0. The average molecular weight is 228 g/mol. The van der Waals surface area contributed by atoms with E-state index in [0.717, 1.165) is 19.4 Å². The number of carbonyl (C=O) groups excluding carboxylic acids is 1. The van der Waals surface area contributed by atoms with E-state index in [2.05, 4.69) is 10.2 Å². The van der Waals surface area contributed by atoms with Crippen LogP contribution in [0.15, 0.2) is 0 Å². The zero-order chi connectivity index (χ0) is 12.2. The highest BCUT2D eigenvalue weighted by atomic mass is 16.4. The second-order valence-electron chi connectivity index (χ2n) is 4.65. The Bertz CT molecular complexity index is 272. The molecule has 0 aromatic carbocycles. The minimum Gasteiger partial charge on any atom is -0.480 e. The predicted molar refractivity (Wildman–Crippen MR) is 60.1 cm³/mol. The molecule has 0 bridgehead atoms. The molecular weight excluding hydrogens is 208 g/mol. The third-order valence-corrected chi connectivity index (χ3v) is 2.91. The molecule has 1 fully saturated rings. The van der Waals surface area contributed by atoms with Crippen LogP contribution in [0.25, 0.3) is 0 Å². The van der Waals surface area contributed by atoms with Crippen molar-refractivity contribution in [3.8, 4) is 0 Å². The normalized spacial score (nSPS) is 17.2. The van der Waals surface area contributed by atoms with Crippen LogP contribution in [0.2, 0.25) is 0 Å². The van der Waals surface area contributed by atoms with Gasteiger partial charge in [-0.2, -0.15) is 0 Å². The minimum atomic E-state index is -1.10. The van der Waals surface area contributed by atoms with Crippen LogP contribution < -0.4 is 5.32 Å². The molecule has 2 N–H and O–H groups in total. The molecule has 1 aliphatic rings. The number of carboxylic acid groups (broad SMARTS) is 1. The molecule has 1 saturated carbocycles. The summed E-state index contributed by atoms with van der Waals surface area (Å²) in [6.45, 7) is 1.56. The Hall–Kier alpha value is -1.10. The Balaban J connectivity index is 2.14. The lowest BCUT2D eigenvalue weighted by molar-refractivity contribution is -0.149. The molecule has 1 amide bonds. The van der Waals surface area contributed by atoms with Gasteiger partial charge in [0.1, 0.15) is 5.41 Å². The third-order valence-electron chi connectivity index (χ3n) is 2.91. The van der Waals surface area contributed by atoms with E-state index in [9.17, 15) is 9.59 Å². The van der Waals surface area contributed by atoms with E-state index in [1.807, 2.05) is 14.1 Å². The maximum atomic E-state index is 11.6. The molecule has 0 saturated heterocycles. The van der Waals surface area contributed by atoms with E-state index < -0.39 is 11.4 Å². The third kappa shape index (κ3) is 3.20. The van der Waals surface area contributed by atoms with Gasteiger partial charge in [-0.05, 0) is 46.3 Å². The molecule has 0 radical (unpaired) electrons. The van der Waals surface area contributed by atoms with Gasteiger partial charge < -0.3 is 15.3 Å². The molecule has 0 aliphatic heterocycles. The molecule has 0 aromatic rings. The fourth-order valence-electron chi connectivity index (χ4n) is 1.59. The van der Waals surface area contributed by atoms with Gasteiger partial charge in [0, 0.05) is 6.54 Å². The lowest BCUT2D eigenvalue weighted by Crippen LogP contribution is -2.37. The molecule has 0 aromatic heterocycles. The highest BCUT2D eigenvalue weighted by Gasteiger charge is 2.56. The van der Waals surface area contributed by atoms with E-state index in [1.165, 1.54) is 0 Å². The first-order valence-electron chi connectivity index (χ1n) is 5.65. The van der Waals surface area contributed by atoms with E-state index in [0.29, 0.717) is 19.4 Å². The van der Waals surface area contributed by atoms with Crippen molar-refractivity contribution in [1.82, 2.24) is 10.2 Å². The molecular formula is C11H20N2O3. The predicted octanol–water partition coefficient (Wildman–Crippen LogP) is 0.309. The highest BCUT2D eigenvalue weighted by Crippen LogP contribution is 2.45. The Morgan fingerprint density at radius 2 is 1.94 bits per heavy atom. The summed E-state index contributed by atoms with van der Waals surface area (Å²) in [4.78, 5) is 24.5. The van der Waals surface area contributed by atoms with Gasteiger partial charge in [0.05, 0.1) is 0 Å². The van der Waals surface area contributed by atoms with Gasteiger partial charge in [-0.15, -0.1) is 0 Å². The van der Waals surface area contributed by atoms with Crippen LogP contribution in [0.4, 0.5) is 0 Å². The van der Waals surface area contributed by atoms with Gasteiger partial charge in [0.2, 0.25) is 5.91 Å². The Morgan fingerprint density at radius 3 is 2.38 bits per heavy atom.